The van der Waals surface area contributed by atoms with Gasteiger partial charge in [-0.05, 0) is 31.5 Å². The maximum Gasteiger partial charge on any atom is 0.272 e. The first-order chi connectivity index (χ1) is 13.0. The van der Waals surface area contributed by atoms with Crippen LogP contribution < -0.4 is 11.1 Å². The van der Waals surface area contributed by atoms with Gasteiger partial charge in [0, 0.05) is 24.7 Å². The third-order valence-corrected chi connectivity index (χ3v) is 5.82. The number of thiophene rings is 1. The lowest BCUT2D eigenvalue weighted by Gasteiger charge is -2.39. The van der Waals surface area contributed by atoms with Crippen molar-refractivity contribution < 1.29 is 9.59 Å². The summed E-state index contributed by atoms with van der Waals surface area (Å²) in [5.74, 6) is -0.383. The van der Waals surface area contributed by atoms with Gasteiger partial charge in [-0.3, -0.25) is 14.6 Å². The second kappa shape index (κ2) is 6.58. The molecule has 1 saturated heterocycles. The van der Waals surface area contributed by atoms with Crippen LogP contribution in [0.3, 0.4) is 0 Å². The van der Waals surface area contributed by atoms with Crippen molar-refractivity contribution in [2.24, 2.45) is 0 Å². The zero-order valence-corrected chi connectivity index (χ0v) is 15.7. The van der Waals surface area contributed by atoms with Gasteiger partial charge < -0.3 is 16.0 Å². The van der Waals surface area contributed by atoms with E-state index < -0.39 is 0 Å². The summed E-state index contributed by atoms with van der Waals surface area (Å²) in [6.45, 7) is 4.68. The number of aryl methyl sites for hydroxylation is 2. The molecule has 3 aromatic heterocycles. The Labute approximate surface area is 159 Å². The Morgan fingerprint density at radius 2 is 2.04 bits per heavy atom. The largest absolute Gasteiger partial charge is 0.397 e. The van der Waals surface area contributed by atoms with Crippen LogP contribution in [0.1, 0.15) is 31.4 Å². The fourth-order valence-corrected chi connectivity index (χ4v) is 4.05. The summed E-state index contributed by atoms with van der Waals surface area (Å²) in [5.41, 5.74) is 8.77. The molecular weight excluding hydrogens is 364 g/mol. The molecule has 0 saturated carbocycles. The molecule has 1 aliphatic rings. The quantitative estimate of drug-likeness (QED) is 0.710. The fraction of sp³-hybridized carbons (Fsp3) is 0.278. The number of hydrogen-bond acceptors (Lipinski definition) is 7. The number of anilines is 1. The first-order valence-corrected chi connectivity index (χ1v) is 9.30. The lowest BCUT2D eigenvalue weighted by Crippen LogP contribution is -2.61. The number of nitrogen functional groups attached to an aromatic ring is 1. The van der Waals surface area contributed by atoms with Gasteiger partial charge in [0.1, 0.15) is 15.4 Å². The molecule has 0 atom stereocenters. The SMILES string of the molecule is Cc1nnc2sc(C(=O)NC3CN(C(=O)c4ccccn4)C3)c(N)c2c1C. The minimum absolute atomic E-state index is 0.108. The van der Waals surface area contributed by atoms with Crippen LogP contribution in [0, 0.1) is 13.8 Å². The van der Waals surface area contributed by atoms with Crippen LogP contribution in [0.5, 0.6) is 0 Å². The van der Waals surface area contributed by atoms with Gasteiger partial charge in [0.15, 0.2) is 0 Å². The van der Waals surface area contributed by atoms with Gasteiger partial charge in [0.05, 0.1) is 17.4 Å². The molecule has 0 aromatic carbocycles. The highest BCUT2D eigenvalue weighted by atomic mass is 32.1. The number of likely N-dealkylation sites (tertiary alicyclic amines) is 1. The smallest absolute Gasteiger partial charge is 0.272 e. The summed E-state index contributed by atoms with van der Waals surface area (Å²) in [6, 6.07) is 5.11. The molecule has 4 rings (SSSR count). The number of rotatable bonds is 3. The van der Waals surface area contributed by atoms with Crippen LogP contribution in [0.25, 0.3) is 10.2 Å². The fourth-order valence-electron chi connectivity index (χ4n) is 3.05. The van der Waals surface area contributed by atoms with Crippen molar-refractivity contribution in [3.63, 3.8) is 0 Å². The Balaban J connectivity index is 1.44. The molecular formula is C18H18N6O2S. The summed E-state index contributed by atoms with van der Waals surface area (Å²) in [4.78, 5) is 31.7. The molecule has 3 N–H and O–H groups in total. The summed E-state index contributed by atoms with van der Waals surface area (Å²) in [7, 11) is 0. The Kier molecular flexibility index (Phi) is 4.23. The number of hydrogen-bond donors (Lipinski definition) is 2. The zero-order valence-electron chi connectivity index (χ0n) is 14.9. The molecule has 0 unspecified atom stereocenters. The molecule has 1 fully saturated rings. The molecule has 0 bridgehead atoms. The second-order valence-corrected chi connectivity index (χ2v) is 7.53. The van der Waals surface area contributed by atoms with Crippen LogP contribution >= 0.6 is 11.3 Å². The average molecular weight is 382 g/mol. The normalized spacial score (nSPS) is 14.2. The van der Waals surface area contributed by atoms with Crippen molar-refractivity contribution in [3.8, 4) is 0 Å². The highest BCUT2D eigenvalue weighted by Gasteiger charge is 2.33. The van der Waals surface area contributed by atoms with Crippen molar-refractivity contribution in [1.29, 1.82) is 0 Å². The van der Waals surface area contributed by atoms with Gasteiger partial charge in [0.25, 0.3) is 11.8 Å². The first kappa shape index (κ1) is 17.3. The summed E-state index contributed by atoms with van der Waals surface area (Å²) < 4.78 is 0. The van der Waals surface area contributed by atoms with E-state index in [0.29, 0.717) is 34.2 Å². The minimum Gasteiger partial charge on any atom is -0.397 e. The summed E-state index contributed by atoms with van der Waals surface area (Å²) in [5, 5.41) is 12.0. The van der Waals surface area contributed by atoms with Gasteiger partial charge in [-0.25, -0.2) is 0 Å². The van der Waals surface area contributed by atoms with Crippen LogP contribution in [-0.4, -0.2) is 51.0 Å². The van der Waals surface area contributed by atoms with Gasteiger partial charge in [-0.2, -0.15) is 5.10 Å². The monoisotopic (exact) mass is 382 g/mol. The third-order valence-electron chi connectivity index (χ3n) is 4.73. The van der Waals surface area contributed by atoms with Crippen LogP contribution in [-0.2, 0) is 0 Å². The molecule has 1 aliphatic heterocycles. The van der Waals surface area contributed by atoms with E-state index in [1.54, 1.807) is 29.3 Å². The number of pyridine rings is 1. The molecule has 27 heavy (non-hydrogen) atoms. The van der Waals surface area contributed by atoms with Crippen molar-refractivity contribution in [2.75, 3.05) is 18.8 Å². The topological polar surface area (TPSA) is 114 Å². The maximum atomic E-state index is 12.6. The number of nitrogens with two attached hydrogens (primary N) is 1. The Morgan fingerprint density at radius 3 is 2.74 bits per heavy atom. The number of carbonyl (C=O) groups excluding carboxylic acids is 2. The van der Waals surface area contributed by atoms with E-state index in [2.05, 4.69) is 20.5 Å². The minimum atomic E-state index is -0.248. The van der Waals surface area contributed by atoms with E-state index in [1.807, 2.05) is 13.8 Å². The molecule has 0 radical (unpaired) electrons. The highest BCUT2D eigenvalue weighted by Crippen LogP contribution is 2.34. The van der Waals surface area contributed by atoms with E-state index in [1.165, 1.54) is 11.3 Å². The lowest BCUT2D eigenvalue weighted by atomic mass is 10.1. The number of carbonyl (C=O) groups is 2. The molecule has 2 amide bonds. The zero-order chi connectivity index (χ0) is 19.1. The molecule has 8 nitrogen and oxygen atoms in total. The summed E-state index contributed by atoms with van der Waals surface area (Å²) >= 11 is 1.23. The average Bonchev–Trinajstić information content (AvgIpc) is 2.98. The first-order valence-electron chi connectivity index (χ1n) is 8.48. The Bertz CT molecular complexity index is 1040. The number of amides is 2. The van der Waals surface area contributed by atoms with Crippen molar-refractivity contribution in [1.82, 2.24) is 25.4 Å². The summed E-state index contributed by atoms with van der Waals surface area (Å²) in [6.07, 6.45) is 1.59. The number of fused-ring (bicyclic) bond motifs is 1. The van der Waals surface area contributed by atoms with Gasteiger partial charge in [-0.15, -0.1) is 16.4 Å². The molecule has 0 aliphatic carbocycles. The maximum absolute atomic E-state index is 12.6. The van der Waals surface area contributed by atoms with Crippen molar-refractivity contribution >= 4 is 39.1 Å². The lowest BCUT2D eigenvalue weighted by molar-refractivity contribution is 0.0538. The Morgan fingerprint density at radius 1 is 1.26 bits per heavy atom. The number of nitrogens with one attached hydrogen (secondary N) is 1. The number of nitrogens with zero attached hydrogens (tertiary/aromatic N) is 4. The van der Waals surface area contributed by atoms with Crippen LogP contribution in [0.4, 0.5) is 5.69 Å². The standard InChI is InChI=1S/C18H18N6O2S/c1-9-10(2)22-23-17-13(9)14(19)15(27-17)16(25)21-11-7-24(8-11)18(26)12-5-3-4-6-20-12/h3-6,11H,7-8,19H2,1-2H3,(H,21,25). The van der Waals surface area contributed by atoms with Crippen LogP contribution in [0.2, 0.25) is 0 Å². The van der Waals surface area contributed by atoms with Gasteiger partial charge in [0.2, 0.25) is 0 Å². The van der Waals surface area contributed by atoms with Gasteiger partial charge >= 0.3 is 0 Å². The molecule has 0 spiro atoms. The molecule has 4 heterocycles. The predicted molar refractivity (Wildman–Crippen MR) is 103 cm³/mol. The molecule has 138 valence electrons. The third kappa shape index (κ3) is 2.99. The van der Waals surface area contributed by atoms with E-state index in [-0.39, 0.29) is 17.9 Å². The predicted octanol–water partition coefficient (Wildman–Crippen LogP) is 1.54. The van der Waals surface area contributed by atoms with Crippen molar-refractivity contribution in [2.45, 2.75) is 19.9 Å². The van der Waals surface area contributed by atoms with E-state index >= 15 is 0 Å². The highest BCUT2D eigenvalue weighted by molar-refractivity contribution is 7.21. The van der Waals surface area contributed by atoms with E-state index in [0.717, 1.165) is 16.6 Å². The number of aromatic nitrogens is 3. The van der Waals surface area contributed by atoms with Gasteiger partial charge in [-0.1, -0.05) is 6.07 Å². The van der Waals surface area contributed by atoms with Crippen LogP contribution in [0.15, 0.2) is 24.4 Å². The van der Waals surface area contributed by atoms with E-state index in [9.17, 15) is 9.59 Å². The van der Waals surface area contributed by atoms with E-state index in [4.69, 9.17) is 5.73 Å². The van der Waals surface area contributed by atoms with Crippen molar-refractivity contribution in [3.05, 3.63) is 46.2 Å². The molecule has 9 heteroatoms. The Hall–Kier alpha value is -3.07. The molecule has 3 aromatic rings. The second-order valence-electron chi connectivity index (χ2n) is 6.53.